The van der Waals surface area contributed by atoms with Gasteiger partial charge in [-0.3, -0.25) is 4.79 Å². The van der Waals surface area contributed by atoms with Gasteiger partial charge in [0.05, 0.1) is 13.2 Å². The Balaban J connectivity index is 2.19. The summed E-state index contributed by atoms with van der Waals surface area (Å²) in [5.74, 6) is -0.423. The Bertz CT molecular complexity index is 490. The Morgan fingerprint density at radius 3 is 2.76 bits per heavy atom. The first-order valence-corrected chi connectivity index (χ1v) is 7.35. The number of likely N-dealkylation sites (tertiary alicyclic amines) is 1. The third-order valence-electron chi connectivity index (χ3n) is 3.73. The van der Waals surface area contributed by atoms with Gasteiger partial charge in [0.2, 0.25) is 5.91 Å². The second-order valence-corrected chi connectivity index (χ2v) is 5.16. The first kappa shape index (κ1) is 15.5. The van der Waals surface area contributed by atoms with Gasteiger partial charge in [-0.1, -0.05) is 37.3 Å². The van der Waals surface area contributed by atoms with Gasteiger partial charge in [-0.25, -0.2) is 4.79 Å². The molecule has 1 aromatic carbocycles. The van der Waals surface area contributed by atoms with Gasteiger partial charge >= 0.3 is 5.97 Å². The lowest BCUT2D eigenvalue weighted by atomic mass is 10.1. The molecule has 0 spiro atoms. The highest BCUT2D eigenvalue weighted by Crippen LogP contribution is 2.27. The summed E-state index contributed by atoms with van der Waals surface area (Å²) >= 11 is 0. The number of amides is 1. The molecule has 1 N–H and O–H groups in total. The minimum atomic E-state index is -0.655. The van der Waals surface area contributed by atoms with Crippen LogP contribution in [0.1, 0.15) is 31.4 Å². The zero-order valence-corrected chi connectivity index (χ0v) is 12.5. The summed E-state index contributed by atoms with van der Waals surface area (Å²) in [4.78, 5) is 26.3. The molecule has 0 bridgehead atoms. The third kappa shape index (κ3) is 3.42. The van der Waals surface area contributed by atoms with Crippen LogP contribution in [0.25, 0.3) is 0 Å². The molecule has 0 aliphatic carbocycles. The molecule has 5 nitrogen and oxygen atoms in total. The summed E-state index contributed by atoms with van der Waals surface area (Å²) in [6.45, 7) is 3.43. The van der Waals surface area contributed by atoms with E-state index in [1.54, 1.807) is 4.90 Å². The molecule has 1 amide bonds. The van der Waals surface area contributed by atoms with Gasteiger partial charge in [-0.05, 0) is 24.9 Å². The molecule has 5 heteroatoms. The number of methoxy groups -OCH3 is 1. The molecular weight excluding hydrogens is 268 g/mol. The van der Waals surface area contributed by atoms with E-state index >= 15 is 0 Å². The van der Waals surface area contributed by atoms with E-state index in [2.05, 4.69) is 12.2 Å². The van der Waals surface area contributed by atoms with E-state index in [1.807, 2.05) is 30.3 Å². The minimum Gasteiger partial charge on any atom is -0.467 e. The fourth-order valence-corrected chi connectivity index (χ4v) is 2.66. The van der Waals surface area contributed by atoms with E-state index in [4.69, 9.17) is 4.74 Å². The SMILES string of the molecule is CCCNC1CCN(C(C(=O)OC)c2ccccc2)C1=O. The highest BCUT2D eigenvalue weighted by molar-refractivity contribution is 5.89. The zero-order chi connectivity index (χ0) is 15.2. The van der Waals surface area contributed by atoms with Gasteiger partial charge in [0, 0.05) is 6.54 Å². The molecule has 1 saturated heterocycles. The standard InChI is InChI=1S/C16H22N2O3/c1-3-10-17-13-9-11-18(15(13)19)14(16(20)21-2)12-7-5-4-6-8-12/h4-8,13-14,17H,3,9-11H2,1-2H3. The van der Waals surface area contributed by atoms with Crippen LogP contribution in [0.3, 0.4) is 0 Å². The van der Waals surface area contributed by atoms with Crippen molar-refractivity contribution < 1.29 is 14.3 Å². The number of carbonyl (C=O) groups excluding carboxylic acids is 2. The fourth-order valence-electron chi connectivity index (χ4n) is 2.66. The van der Waals surface area contributed by atoms with Crippen molar-refractivity contribution >= 4 is 11.9 Å². The van der Waals surface area contributed by atoms with Gasteiger partial charge in [0.1, 0.15) is 0 Å². The largest absolute Gasteiger partial charge is 0.467 e. The van der Waals surface area contributed by atoms with Crippen LogP contribution >= 0.6 is 0 Å². The van der Waals surface area contributed by atoms with Crippen molar-refractivity contribution in [3.8, 4) is 0 Å². The fraction of sp³-hybridized carbons (Fsp3) is 0.500. The predicted molar refractivity (Wildman–Crippen MR) is 79.6 cm³/mol. The van der Waals surface area contributed by atoms with Gasteiger partial charge in [-0.15, -0.1) is 0 Å². The van der Waals surface area contributed by atoms with Crippen molar-refractivity contribution in [2.45, 2.75) is 31.8 Å². The van der Waals surface area contributed by atoms with E-state index in [9.17, 15) is 9.59 Å². The highest BCUT2D eigenvalue weighted by atomic mass is 16.5. The molecule has 21 heavy (non-hydrogen) atoms. The van der Waals surface area contributed by atoms with Crippen molar-refractivity contribution in [1.82, 2.24) is 10.2 Å². The molecule has 0 saturated carbocycles. The Morgan fingerprint density at radius 2 is 2.14 bits per heavy atom. The van der Waals surface area contributed by atoms with E-state index in [-0.39, 0.29) is 11.9 Å². The summed E-state index contributed by atoms with van der Waals surface area (Å²) in [5, 5.41) is 3.23. The van der Waals surface area contributed by atoms with Crippen LogP contribution in [0.4, 0.5) is 0 Å². The summed E-state index contributed by atoms with van der Waals surface area (Å²) in [5.41, 5.74) is 0.786. The Hall–Kier alpha value is -1.88. The molecule has 114 valence electrons. The molecular formula is C16H22N2O3. The number of ether oxygens (including phenoxy) is 1. The van der Waals surface area contributed by atoms with Crippen LogP contribution < -0.4 is 5.32 Å². The minimum absolute atomic E-state index is 0.0253. The monoisotopic (exact) mass is 290 g/mol. The van der Waals surface area contributed by atoms with Crippen molar-refractivity contribution in [1.29, 1.82) is 0 Å². The molecule has 0 aromatic heterocycles. The molecule has 2 rings (SSSR count). The van der Waals surface area contributed by atoms with Crippen molar-refractivity contribution in [2.75, 3.05) is 20.2 Å². The molecule has 1 heterocycles. The predicted octanol–water partition coefficient (Wildman–Crippen LogP) is 1.50. The maximum absolute atomic E-state index is 12.5. The molecule has 1 aromatic rings. The van der Waals surface area contributed by atoms with Crippen LogP contribution in [-0.4, -0.2) is 43.0 Å². The van der Waals surface area contributed by atoms with Crippen LogP contribution in [0.15, 0.2) is 30.3 Å². The van der Waals surface area contributed by atoms with Gasteiger partial charge in [0.25, 0.3) is 0 Å². The normalized spacial score (nSPS) is 19.6. The molecule has 1 aliphatic rings. The first-order chi connectivity index (χ1) is 10.2. The summed E-state index contributed by atoms with van der Waals surface area (Å²) in [7, 11) is 1.35. The number of esters is 1. The zero-order valence-electron chi connectivity index (χ0n) is 12.5. The quantitative estimate of drug-likeness (QED) is 0.807. The number of benzene rings is 1. The Kier molecular flexibility index (Phi) is 5.33. The average Bonchev–Trinajstić information content (AvgIpc) is 2.87. The van der Waals surface area contributed by atoms with Crippen molar-refractivity contribution in [3.63, 3.8) is 0 Å². The third-order valence-corrected chi connectivity index (χ3v) is 3.73. The van der Waals surface area contributed by atoms with Crippen molar-refractivity contribution in [2.24, 2.45) is 0 Å². The van der Waals surface area contributed by atoms with Gasteiger partial charge < -0.3 is 15.0 Å². The van der Waals surface area contributed by atoms with E-state index in [1.165, 1.54) is 7.11 Å². The summed E-state index contributed by atoms with van der Waals surface area (Å²) < 4.78 is 4.89. The average molecular weight is 290 g/mol. The number of hydrogen-bond donors (Lipinski definition) is 1. The maximum atomic E-state index is 12.5. The summed E-state index contributed by atoms with van der Waals surface area (Å²) in [6.07, 6.45) is 1.70. The highest BCUT2D eigenvalue weighted by Gasteiger charge is 2.39. The Labute approximate surface area is 125 Å². The van der Waals surface area contributed by atoms with Crippen LogP contribution in [0.5, 0.6) is 0 Å². The topological polar surface area (TPSA) is 58.6 Å². The summed E-state index contributed by atoms with van der Waals surface area (Å²) in [6, 6.07) is 8.45. The van der Waals surface area contributed by atoms with Crippen LogP contribution in [0.2, 0.25) is 0 Å². The number of rotatable bonds is 6. The van der Waals surface area contributed by atoms with Gasteiger partial charge in [-0.2, -0.15) is 0 Å². The van der Waals surface area contributed by atoms with Crippen LogP contribution in [0, 0.1) is 0 Å². The molecule has 1 fully saturated rings. The second-order valence-electron chi connectivity index (χ2n) is 5.16. The molecule has 1 aliphatic heterocycles. The smallest absolute Gasteiger partial charge is 0.333 e. The molecule has 2 unspecified atom stereocenters. The van der Waals surface area contributed by atoms with E-state index in [0.29, 0.717) is 6.54 Å². The van der Waals surface area contributed by atoms with Gasteiger partial charge in [0.15, 0.2) is 6.04 Å². The second kappa shape index (κ2) is 7.22. The van der Waals surface area contributed by atoms with Crippen LogP contribution in [-0.2, 0) is 14.3 Å². The number of nitrogens with one attached hydrogen (secondary N) is 1. The van der Waals surface area contributed by atoms with Crippen molar-refractivity contribution in [3.05, 3.63) is 35.9 Å². The lowest BCUT2D eigenvalue weighted by Gasteiger charge is -2.26. The first-order valence-electron chi connectivity index (χ1n) is 7.35. The molecule has 0 radical (unpaired) electrons. The van der Waals surface area contributed by atoms with E-state index in [0.717, 1.165) is 24.9 Å². The maximum Gasteiger partial charge on any atom is 0.333 e. The van der Waals surface area contributed by atoms with E-state index < -0.39 is 12.0 Å². The molecule has 2 atom stereocenters. The Morgan fingerprint density at radius 1 is 1.43 bits per heavy atom. The number of hydrogen-bond acceptors (Lipinski definition) is 4. The number of carbonyl (C=O) groups is 2. The lowest BCUT2D eigenvalue weighted by molar-refractivity contribution is -0.151. The number of nitrogens with zero attached hydrogens (tertiary/aromatic N) is 1. The lowest BCUT2D eigenvalue weighted by Crippen LogP contribution is -2.42.